The van der Waals surface area contributed by atoms with Crippen LogP contribution in [0.15, 0.2) is 224 Å². The fourth-order valence-electron chi connectivity index (χ4n) is 7.79. The Kier molecular flexibility index (Phi) is 12.7. The van der Waals surface area contributed by atoms with Gasteiger partial charge in [-0.05, 0) is 98.0 Å². The molecule has 1 aromatic heterocycles. The minimum absolute atomic E-state index is 0.0974. The fraction of sp³-hybridized carbons (Fsp3) is 0.0351. The molecule has 10 rings (SSSR count). The van der Waals surface area contributed by atoms with Crippen LogP contribution in [0, 0.1) is 12.3 Å². The second kappa shape index (κ2) is 19.1. The lowest BCUT2D eigenvalue weighted by Gasteiger charge is -2.17. The lowest BCUT2D eigenvalue weighted by Crippen LogP contribution is -2.10. The Morgan fingerprint density at radius 3 is 1.57 bits per heavy atom. The molecule has 0 saturated heterocycles. The van der Waals surface area contributed by atoms with Crippen LogP contribution in [0.3, 0.4) is 0 Å². The van der Waals surface area contributed by atoms with Crippen LogP contribution in [-0.2, 0) is 6.54 Å². The predicted octanol–water partition coefficient (Wildman–Crippen LogP) is 14.8. The molecule has 0 atom stereocenters. The van der Waals surface area contributed by atoms with E-state index in [0.717, 1.165) is 26.6 Å². The van der Waals surface area contributed by atoms with Gasteiger partial charge in [-0.15, -0.1) is 11.3 Å². The van der Waals surface area contributed by atoms with Crippen LogP contribution >= 0.6 is 11.3 Å². The third-order valence-electron chi connectivity index (χ3n) is 10.8. The molecule has 9 aromatic carbocycles. The van der Waals surface area contributed by atoms with Crippen molar-refractivity contribution < 1.29 is 0 Å². The second-order valence-corrected chi connectivity index (χ2v) is 15.9. The maximum atomic E-state index is 8.19. The third-order valence-corrected chi connectivity index (χ3v) is 11.9. The predicted molar refractivity (Wildman–Crippen MR) is 263 cm³/mol. The molecule has 0 spiro atoms. The summed E-state index contributed by atoms with van der Waals surface area (Å²) < 4.78 is 2.34. The van der Waals surface area contributed by atoms with Gasteiger partial charge in [-0.1, -0.05) is 200 Å². The van der Waals surface area contributed by atoms with Crippen LogP contribution < -0.4 is 11.5 Å². The zero-order chi connectivity index (χ0) is 42.0. The number of nitrogens with one attached hydrogen (secondary N) is 1. The first-order valence-corrected chi connectivity index (χ1v) is 21.3. The molecule has 0 bridgehead atoms. The highest BCUT2D eigenvalue weighted by Crippen LogP contribution is 2.44. The molecule has 4 heteroatoms. The zero-order valence-corrected chi connectivity index (χ0v) is 34.9. The van der Waals surface area contributed by atoms with E-state index in [9.17, 15) is 0 Å². The third kappa shape index (κ3) is 9.27. The molecular weight excluding hydrogens is 759 g/mol. The number of fused-ring (bicyclic) bond motifs is 3. The van der Waals surface area contributed by atoms with E-state index in [2.05, 4.69) is 183 Å². The van der Waals surface area contributed by atoms with Crippen molar-refractivity contribution in [2.45, 2.75) is 13.5 Å². The van der Waals surface area contributed by atoms with Crippen LogP contribution in [0.2, 0.25) is 0 Å². The van der Waals surface area contributed by atoms with Crippen LogP contribution in [0.25, 0.3) is 75.8 Å². The van der Waals surface area contributed by atoms with Crippen LogP contribution in [0.1, 0.15) is 16.7 Å². The largest absolute Gasteiger partial charge is 0.384 e. The Bertz CT molecular complexity index is 3030. The van der Waals surface area contributed by atoms with Gasteiger partial charge in [0.25, 0.3) is 0 Å². The highest BCUT2D eigenvalue weighted by molar-refractivity contribution is 7.25. The van der Waals surface area contributed by atoms with Crippen molar-refractivity contribution in [2.24, 2.45) is 11.5 Å². The number of benzene rings is 9. The smallest absolute Gasteiger partial charge is 0.123 e. The highest BCUT2D eigenvalue weighted by Gasteiger charge is 2.17. The highest BCUT2D eigenvalue weighted by atomic mass is 32.1. The topological polar surface area (TPSA) is 75.9 Å². The van der Waals surface area contributed by atoms with E-state index in [1.165, 1.54) is 65.9 Å². The minimum atomic E-state index is 0.0974. The van der Waals surface area contributed by atoms with E-state index in [-0.39, 0.29) is 5.84 Å². The van der Waals surface area contributed by atoms with Crippen molar-refractivity contribution in [3.8, 4) is 55.6 Å². The first kappa shape index (κ1) is 40.4. The molecule has 3 nitrogen and oxygen atoms in total. The SMILES string of the molecule is Cc1ccccc1-c1ccccc1.N=C(N)c1cccc2sc3ccc(-c4cccc(-c5ccccc5)c4-c4cccc(-c5ccccc5)c4)cc3c12.NCc1ccccc1. The Balaban J connectivity index is 0.000000199. The van der Waals surface area contributed by atoms with Crippen LogP contribution in [-0.4, -0.2) is 5.84 Å². The zero-order valence-electron chi connectivity index (χ0n) is 34.1. The summed E-state index contributed by atoms with van der Waals surface area (Å²) in [6.07, 6.45) is 0. The van der Waals surface area contributed by atoms with Gasteiger partial charge in [0.15, 0.2) is 0 Å². The molecular formula is C57H47N3S. The number of amidine groups is 1. The van der Waals surface area contributed by atoms with Gasteiger partial charge in [-0.2, -0.15) is 0 Å². The number of nitrogen functional groups attached to an aromatic ring is 1. The van der Waals surface area contributed by atoms with Crippen molar-refractivity contribution in [1.82, 2.24) is 0 Å². The average Bonchev–Trinajstić information content (AvgIpc) is 3.71. The molecule has 0 aliphatic heterocycles. The number of hydrogen-bond acceptors (Lipinski definition) is 3. The average molecular weight is 806 g/mol. The summed E-state index contributed by atoms with van der Waals surface area (Å²) in [5.74, 6) is 0.0974. The van der Waals surface area contributed by atoms with Gasteiger partial charge in [0.1, 0.15) is 5.84 Å². The van der Waals surface area contributed by atoms with Gasteiger partial charge >= 0.3 is 0 Å². The van der Waals surface area contributed by atoms with Gasteiger partial charge in [-0.25, -0.2) is 0 Å². The number of thiophene rings is 1. The molecule has 5 N–H and O–H groups in total. The molecule has 1 heterocycles. The fourth-order valence-corrected chi connectivity index (χ4v) is 8.91. The molecule has 0 amide bonds. The summed E-state index contributed by atoms with van der Waals surface area (Å²) in [7, 11) is 0. The van der Waals surface area contributed by atoms with Crippen LogP contribution in [0.5, 0.6) is 0 Å². The maximum Gasteiger partial charge on any atom is 0.123 e. The Morgan fingerprint density at radius 2 is 0.951 bits per heavy atom. The van der Waals surface area contributed by atoms with E-state index in [1.54, 1.807) is 11.3 Å². The summed E-state index contributed by atoms with van der Waals surface area (Å²) in [5.41, 5.74) is 26.8. The number of nitrogens with two attached hydrogens (primary N) is 2. The van der Waals surface area contributed by atoms with Crippen molar-refractivity contribution in [2.75, 3.05) is 0 Å². The molecule has 296 valence electrons. The summed E-state index contributed by atoms with van der Waals surface area (Å²) in [4.78, 5) is 0. The lowest BCUT2D eigenvalue weighted by molar-refractivity contribution is 1.07. The Morgan fingerprint density at radius 1 is 0.443 bits per heavy atom. The van der Waals surface area contributed by atoms with E-state index in [1.807, 2.05) is 48.5 Å². The van der Waals surface area contributed by atoms with Crippen LogP contribution in [0.4, 0.5) is 0 Å². The van der Waals surface area contributed by atoms with E-state index in [0.29, 0.717) is 6.54 Å². The first-order chi connectivity index (χ1) is 30.0. The van der Waals surface area contributed by atoms with E-state index >= 15 is 0 Å². The molecule has 0 aliphatic carbocycles. The standard InChI is InChI=1S/C37H26N2S.C13H12.C7H9N/c38-37(39)31-18-9-19-34-36(31)32-23-27(20-21-33(32)40-34)30-17-8-16-29(25-12-5-2-6-13-25)35(30)28-15-7-14-26(22-28)24-10-3-1-4-11-24;1-11-7-5-6-10-13(11)12-8-3-2-4-9-12;8-6-7-4-2-1-3-5-7/h1-23H,(H3,38,39);2-10H,1H3;1-5H,6,8H2. The number of rotatable bonds is 7. The van der Waals surface area contributed by atoms with E-state index in [4.69, 9.17) is 16.9 Å². The van der Waals surface area contributed by atoms with E-state index < -0.39 is 0 Å². The normalized spacial score (nSPS) is 10.7. The molecule has 0 saturated carbocycles. The Hall–Kier alpha value is -7.37. The summed E-state index contributed by atoms with van der Waals surface area (Å²) in [5, 5.41) is 10.4. The molecule has 0 unspecified atom stereocenters. The maximum absolute atomic E-state index is 8.19. The van der Waals surface area contributed by atoms with Gasteiger partial charge in [0, 0.05) is 32.3 Å². The monoisotopic (exact) mass is 805 g/mol. The number of aryl methyl sites for hydroxylation is 1. The van der Waals surface area contributed by atoms with Crippen molar-refractivity contribution in [3.63, 3.8) is 0 Å². The molecule has 0 fully saturated rings. The number of hydrogen-bond donors (Lipinski definition) is 3. The summed E-state index contributed by atoms with van der Waals surface area (Å²) in [6, 6.07) is 78.2. The Labute approximate surface area is 362 Å². The minimum Gasteiger partial charge on any atom is -0.384 e. The van der Waals surface area contributed by atoms with Crippen molar-refractivity contribution in [3.05, 3.63) is 241 Å². The quantitative estimate of drug-likeness (QED) is 0.111. The molecule has 0 aliphatic rings. The molecule has 61 heavy (non-hydrogen) atoms. The van der Waals surface area contributed by atoms with Gasteiger partial charge < -0.3 is 11.5 Å². The van der Waals surface area contributed by atoms with Gasteiger partial charge in [0.2, 0.25) is 0 Å². The van der Waals surface area contributed by atoms with Crippen molar-refractivity contribution >= 4 is 37.3 Å². The van der Waals surface area contributed by atoms with Crippen molar-refractivity contribution in [1.29, 1.82) is 5.41 Å². The molecule has 10 aromatic rings. The second-order valence-electron chi connectivity index (χ2n) is 14.8. The lowest BCUT2D eigenvalue weighted by atomic mass is 9.86. The van der Waals surface area contributed by atoms with Gasteiger partial charge in [0.05, 0.1) is 0 Å². The first-order valence-electron chi connectivity index (χ1n) is 20.5. The summed E-state index contributed by atoms with van der Waals surface area (Å²) >= 11 is 1.75. The molecule has 0 radical (unpaired) electrons. The van der Waals surface area contributed by atoms with Gasteiger partial charge in [-0.3, -0.25) is 5.41 Å². The summed E-state index contributed by atoms with van der Waals surface area (Å²) in [6.45, 7) is 2.78.